The highest BCUT2D eigenvalue weighted by Crippen LogP contribution is 2.34. The second-order valence-corrected chi connectivity index (χ2v) is 8.30. The van der Waals surface area contributed by atoms with E-state index in [1.807, 2.05) is 54.8 Å². The number of hydrogen-bond donors (Lipinski definition) is 1. The highest BCUT2D eigenvalue weighted by molar-refractivity contribution is 5.22. The molecule has 2 aromatic carbocycles. The molecule has 1 fully saturated rings. The van der Waals surface area contributed by atoms with Gasteiger partial charge in [0.15, 0.2) is 0 Å². The molecule has 0 amide bonds. The van der Waals surface area contributed by atoms with Gasteiger partial charge >= 0.3 is 0 Å². The van der Waals surface area contributed by atoms with Gasteiger partial charge in [-0.1, -0.05) is 92.1 Å². The average molecular weight is 405 g/mol. The standard InChI is InChI=1S/C28H36O2/c1-2-3-4-7-13-23-18-12-19-24(23)20-21-30-28(26-16-10-6-11-17-26)22-27(29)25-14-8-5-9-15-25/h5-6,8-11,13-17,20-21,24,27-29H,2-4,7,12,18-19,22H2,1H3/b21-20+,23-13-/t24?,27-,28-/m1/s1. The quantitative estimate of drug-likeness (QED) is 0.236. The van der Waals surface area contributed by atoms with Crippen LogP contribution in [0.2, 0.25) is 0 Å². The minimum atomic E-state index is -0.551. The largest absolute Gasteiger partial charge is 0.494 e. The second kappa shape index (κ2) is 12.4. The topological polar surface area (TPSA) is 29.5 Å². The zero-order valence-electron chi connectivity index (χ0n) is 18.2. The first-order chi connectivity index (χ1) is 14.8. The first kappa shape index (κ1) is 22.4. The molecule has 0 heterocycles. The first-order valence-electron chi connectivity index (χ1n) is 11.6. The molecule has 160 valence electrons. The molecule has 0 aromatic heterocycles. The molecule has 0 aliphatic heterocycles. The fourth-order valence-electron chi connectivity index (χ4n) is 4.24. The SMILES string of the molecule is CCCCC/C=C1/CCCC1/C=C/O[C@H](C[C@@H](O)c1ccccc1)c1ccccc1. The Kier molecular flexibility index (Phi) is 9.24. The lowest BCUT2D eigenvalue weighted by atomic mass is 9.98. The Morgan fingerprint density at radius 1 is 1.00 bits per heavy atom. The van der Waals surface area contributed by atoms with Crippen molar-refractivity contribution in [2.24, 2.45) is 5.92 Å². The Bertz CT molecular complexity index is 779. The van der Waals surface area contributed by atoms with Crippen molar-refractivity contribution in [3.8, 4) is 0 Å². The van der Waals surface area contributed by atoms with Crippen LogP contribution in [0, 0.1) is 5.92 Å². The van der Waals surface area contributed by atoms with Crippen molar-refractivity contribution in [1.29, 1.82) is 0 Å². The molecule has 2 heteroatoms. The zero-order valence-corrected chi connectivity index (χ0v) is 18.2. The van der Waals surface area contributed by atoms with E-state index in [0.29, 0.717) is 12.3 Å². The van der Waals surface area contributed by atoms with Crippen LogP contribution in [0.25, 0.3) is 0 Å². The van der Waals surface area contributed by atoms with Crippen molar-refractivity contribution in [2.75, 3.05) is 0 Å². The van der Waals surface area contributed by atoms with E-state index in [1.54, 1.807) is 5.57 Å². The van der Waals surface area contributed by atoms with Gasteiger partial charge in [0.1, 0.15) is 6.10 Å². The molecule has 0 bridgehead atoms. The summed E-state index contributed by atoms with van der Waals surface area (Å²) < 4.78 is 6.21. The smallest absolute Gasteiger partial charge is 0.126 e. The lowest BCUT2D eigenvalue weighted by Crippen LogP contribution is -2.08. The maximum atomic E-state index is 10.7. The van der Waals surface area contributed by atoms with E-state index in [1.165, 1.54) is 44.9 Å². The number of allylic oxidation sites excluding steroid dienone is 3. The summed E-state index contributed by atoms with van der Waals surface area (Å²) in [5.41, 5.74) is 3.60. The summed E-state index contributed by atoms with van der Waals surface area (Å²) in [6, 6.07) is 20.0. The van der Waals surface area contributed by atoms with Crippen LogP contribution in [0.1, 0.15) is 81.6 Å². The average Bonchev–Trinajstić information content (AvgIpc) is 3.24. The van der Waals surface area contributed by atoms with Crippen LogP contribution >= 0.6 is 0 Å². The molecular weight excluding hydrogens is 368 g/mol. The summed E-state index contributed by atoms with van der Waals surface area (Å²) in [6.45, 7) is 2.25. The Labute approximate surface area is 182 Å². The molecule has 0 spiro atoms. The number of unbranched alkanes of at least 4 members (excludes halogenated alkanes) is 3. The first-order valence-corrected chi connectivity index (χ1v) is 11.6. The normalized spacial score (nSPS) is 19.9. The maximum absolute atomic E-state index is 10.7. The third-order valence-corrected chi connectivity index (χ3v) is 6.02. The molecule has 30 heavy (non-hydrogen) atoms. The molecule has 1 unspecified atom stereocenters. The fourth-order valence-corrected chi connectivity index (χ4v) is 4.24. The van der Waals surface area contributed by atoms with Gasteiger partial charge in [-0.3, -0.25) is 0 Å². The second-order valence-electron chi connectivity index (χ2n) is 8.30. The lowest BCUT2D eigenvalue weighted by molar-refractivity contribution is 0.0669. The van der Waals surface area contributed by atoms with Crippen LogP contribution < -0.4 is 0 Å². The molecule has 2 aromatic rings. The van der Waals surface area contributed by atoms with Gasteiger partial charge in [-0.2, -0.15) is 0 Å². The summed E-state index contributed by atoms with van der Waals surface area (Å²) in [5, 5.41) is 10.7. The zero-order chi connectivity index (χ0) is 21.0. The van der Waals surface area contributed by atoms with Crippen molar-refractivity contribution in [1.82, 2.24) is 0 Å². The van der Waals surface area contributed by atoms with Crippen LogP contribution in [-0.4, -0.2) is 5.11 Å². The minimum absolute atomic E-state index is 0.170. The highest BCUT2D eigenvalue weighted by Gasteiger charge is 2.20. The summed E-state index contributed by atoms with van der Waals surface area (Å²) in [7, 11) is 0. The number of hydrogen-bond acceptors (Lipinski definition) is 2. The third-order valence-electron chi connectivity index (χ3n) is 6.02. The van der Waals surface area contributed by atoms with E-state index in [-0.39, 0.29) is 6.10 Å². The monoisotopic (exact) mass is 404 g/mol. The number of benzene rings is 2. The van der Waals surface area contributed by atoms with Crippen molar-refractivity contribution < 1.29 is 9.84 Å². The minimum Gasteiger partial charge on any atom is -0.494 e. The van der Waals surface area contributed by atoms with E-state index in [2.05, 4.69) is 31.2 Å². The molecule has 0 radical (unpaired) electrons. The van der Waals surface area contributed by atoms with Crippen molar-refractivity contribution in [3.63, 3.8) is 0 Å². The van der Waals surface area contributed by atoms with Crippen LogP contribution in [0.5, 0.6) is 0 Å². The van der Waals surface area contributed by atoms with Crippen LogP contribution in [0.3, 0.4) is 0 Å². The van der Waals surface area contributed by atoms with E-state index in [0.717, 1.165) is 11.1 Å². The van der Waals surface area contributed by atoms with Gasteiger partial charge in [-0.15, -0.1) is 0 Å². The number of rotatable bonds is 11. The van der Waals surface area contributed by atoms with Crippen molar-refractivity contribution >= 4 is 0 Å². The molecule has 1 aliphatic rings. The maximum Gasteiger partial charge on any atom is 0.126 e. The van der Waals surface area contributed by atoms with Crippen molar-refractivity contribution in [3.05, 3.63) is 95.8 Å². The number of aliphatic hydroxyl groups excluding tert-OH is 1. The summed E-state index contributed by atoms with van der Waals surface area (Å²) >= 11 is 0. The Balaban J connectivity index is 1.63. The van der Waals surface area contributed by atoms with Gasteiger partial charge in [0.05, 0.1) is 12.4 Å². The van der Waals surface area contributed by atoms with Crippen LogP contribution in [-0.2, 0) is 4.74 Å². The van der Waals surface area contributed by atoms with Crippen LogP contribution in [0.4, 0.5) is 0 Å². The van der Waals surface area contributed by atoms with E-state index in [9.17, 15) is 5.11 Å². The number of ether oxygens (including phenoxy) is 1. The van der Waals surface area contributed by atoms with E-state index in [4.69, 9.17) is 4.74 Å². The van der Waals surface area contributed by atoms with Gasteiger partial charge in [0.25, 0.3) is 0 Å². The molecule has 0 saturated heterocycles. The van der Waals surface area contributed by atoms with Gasteiger partial charge in [0.2, 0.25) is 0 Å². The van der Waals surface area contributed by atoms with Crippen LogP contribution in [0.15, 0.2) is 84.7 Å². The molecule has 1 aliphatic carbocycles. The molecule has 1 N–H and O–H groups in total. The molecule has 1 saturated carbocycles. The van der Waals surface area contributed by atoms with Gasteiger partial charge < -0.3 is 9.84 Å². The predicted molar refractivity (Wildman–Crippen MR) is 125 cm³/mol. The Morgan fingerprint density at radius 2 is 1.70 bits per heavy atom. The highest BCUT2D eigenvalue weighted by atomic mass is 16.5. The lowest BCUT2D eigenvalue weighted by Gasteiger charge is -2.21. The van der Waals surface area contributed by atoms with Gasteiger partial charge in [-0.25, -0.2) is 0 Å². The van der Waals surface area contributed by atoms with E-state index < -0.39 is 6.10 Å². The third kappa shape index (κ3) is 6.88. The molecular formula is C28H36O2. The molecule has 3 rings (SSSR count). The van der Waals surface area contributed by atoms with E-state index >= 15 is 0 Å². The fraction of sp³-hybridized carbons (Fsp3) is 0.429. The Hall–Kier alpha value is -2.32. The molecule has 2 nitrogen and oxygen atoms in total. The van der Waals surface area contributed by atoms with Crippen molar-refractivity contribution in [2.45, 2.75) is 70.5 Å². The Morgan fingerprint density at radius 3 is 2.40 bits per heavy atom. The van der Waals surface area contributed by atoms with Gasteiger partial charge in [0, 0.05) is 12.3 Å². The van der Waals surface area contributed by atoms with Gasteiger partial charge in [-0.05, 0) is 49.3 Å². The predicted octanol–water partition coefficient (Wildman–Crippen LogP) is 7.69. The molecule has 3 atom stereocenters. The summed E-state index contributed by atoms with van der Waals surface area (Å²) in [4.78, 5) is 0. The summed E-state index contributed by atoms with van der Waals surface area (Å²) in [6.07, 6.45) is 15.2. The number of aliphatic hydroxyl groups is 1. The summed E-state index contributed by atoms with van der Waals surface area (Å²) in [5.74, 6) is 0.502.